The van der Waals surface area contributed by atoms with Gasteiger partial charge in [0.1, 0.15) is 5.75 Å². The van der Waals surface area contributed by atoms with Gasteiger partial charge in [-0.1, -0.05) is 48.5 Å². The van der Waals surface area contributed by atoms with E-state index in [0.717, 1.165) is 49.5 Å². The molecule has 6 aromatic rings. The Balaban J connectivity index is 1.93. The van der Waals surface area contributed by atoms with Crippen LogP contribution in [0, 0.1) is 0 Å². The Kier molecular flexibility index (Phi) is 3.24. The Hall–Kier alpha value is -3.85. The minimum Gasteiger partial charge on any atom is -0.497 e. The van der Waals surface area contributed by atoms with E-state index in [1.807, 2.05) is 46.9 Å². The van der Waals surface area contributed by atoms with Crippen LogP contribution in [-0.4, -0.2) is 11.5 Å². The van der Waals surface area contributed by atoms with Gasteiger partial charge >= 0.3 is 0 Å². The van der Waals surface area contributed by atoms with Gasteiger partial charge in [0.15, 0.2) is 0 Å². The minimum atomic E-state index is 0.00816. The summed E-state index contributed by atoms with van der Waals surface area (Å²) >= 11 is 0. The van der Waals surface area contributed by atoms with E-state index in [-0.39, 0.29) is 5.56 Å². The minimum absolute atomic E-state index is 0.00816. The molecule has 0 atom stereocenters. The summed E-state index contributed by atoms with van der Waals surface area (Å²) in [7, 11) is 1.65. The standard InChI is InChI=1S/C26H17NO2/c1-29-18-11-12-20-21(15-18)23-14-17(16-7-3-2-4-8-16)13-22-19-9-5-6-10-24(19)27(25(22)23)26(20)28/h2-15H,1H3. The zero-order valence-electron chi connectivity index (χ0n) is 15.8. The molecule has 0 spiro atoms. The number of fused-ring (bicyclic) bond motifs is 5. The number of pyridine rings is 1. The molecule has 4 aromatic carbocycles. The fourth-order valence-corrected chi connectivity index (χ4v) is 4.49. The van der Waals surface area contributed by atoms with Crippen molar-refractivity contribution in [2.24, 2.45) is 0 Å². The Morgan fingerprint density at radius 1 is 0.655 bits per heavy atom. The van der Waals surface area contributed by atoms with Gasteiger partial charge in [-0.25, -0.2) is 0 Å². The first-order chi connectivity index (χ1) is 14.3. The first-order valence-corrected chi connectivity index (χ1v) is 9.62. The Bertz CT molecular complexity index is 1600. The number of benzene rings is 4. The zero-order chi connectivity index (χ0) is 19.5. The Morgan fingerprint density at radius 3 is 2.17 bits per heavy atom. The molecular weight excluding hydrogens is 358 g/mol. The molecule has 0 unspecified atom stereocenters. The largest absolute Gasteiger partial charge is 0.497 e. The lowest BCUT2D eigenvalue weighted by atomic mass is 9.97. The lowest BCUT2D eigenvalue weighted by Gasteiger charge is -2.10. The van der Waals surface area contributed by atoms with Gasteiger partial charge in [-0.15, -0.1) is 0 Å². The van der Waals surface area contributed by atoms with Crippen molar-refractivity contribution in [3.8, 4) is 16.9 Å². The third-order valence-corrected chi connectivity index (χ3v) is 5.83. The summed E-state index contributed by atoms with van der Waals surface area (Å²) in [4.78, 5) is 13.4. The summed E-state index contributed by atoms with van der Waals surface area (Å²) in [6.07, 6.45) is 0. The van der Waals surface area contributed by atoms with Crippen LogP contribution in [-0.2, 0) is 0 Å². The van der Waals surface area contributed by atoms with Crippen molar-refractivity contribution >= 4 is 38.0 Å². The van der Waals surface area contributed by atoms with Crippen LogP contribution in [0.15, 0.2) is 89.7 Å². The average molecular weight is 375 g/mol. The maximum absolute atomic E-state index is 13.4. The summed E-state index contributed by atoms with van der Waals surface area (Å²) in [5, 5.41) is 4.87. The van der Waals surface area contributed by atoms with E-state index in [1.165, 1.54) is 0 Å². The molecule has 0 bridgehead atoms. The van der Waals surface area contributed by atoms with Crippen LogP contribution in [0.4, 0.5) is 0 Å². The van der Waals surface area contributed by atoms with Gasteiger partial charge in [0.25, 0.3) is 5.56 Å². The topological polar surface area (TPSA) is 30.7 Å². The Morgan fingerprint density at radius 2 is 1.38 bits per heavy atom. The number of hydrogen-bond donors (Lipinski definition) is 0. The Labute approximate surface area is 166 Å². The van der Waals surface area contributed by atoms with Crippen molar-refractivity contribution in [3.05, 3.63) is 95.3 Å². The molecule has 138 valence electrons. The molecule has 2 heterocycles. The van der Waals surface area contributed by atoms with E-state index in [0.29, 0.717) is 5.39 Å². The number of hydrogen-bond acceptors (Lipinski definition) is 2. The van der Waals surface area contributed by atoms with Gasteiger partial charge in [-0.05, 0) is 47.5 Å². The SMILES string of the molecule is COc1ccc2c(=O)n3c4ccccc4c4cc(-c5ccccc5)cc(c2c1)c43. The summed E-state index contributed by atoms with van der Waals surface area (Å²) < 4.78 is 7.32. The second-order valence-corrected chi connectivity index (χ2v) is 7.36. The van der Waals surface area contributed by atoms with Gasteiger partial charge in [-0.2, -0.15) is 0 Å². The molecule has 0 aliphatic heterocycles. The van der Waals surface area contributed by atoms with E-state index in [9.17, 15) is 4.79 Å². The number of ether oxygens (including phenoxy) is 1. The van der Waals surface area contributed by atoms with Gasteiger partial charge in [-0.3, -0.25) is 9.20 Å². The predicted octanol–water partition coefficient (Wildman–Crippen LogP) is 5.87. The van der Waals surface area contributed by atoms with Crippen molar-refractivity contribution in [1.29, 1.82) is 0 Å². The van der Waals surface area contributed by atoms with E-state index in [1.54, 1.807) is 7.11 Å². The van der Waals surface area contributed by atoms with Crippen LogP contribution in [0.2, 0.25) is 0 Å². The van der Waals surface area contributed by atoms with Crippen LogP contribution in [0.25, 0.3) is 49.1 Å². The lowest BCUT2D eigenvalue weighted by Crippen LogP contribution is -2.12. The molecule has 0 aliphatic rings. The lowest BCUT2D eigenvalue weighted by molar-refractivity contribution is 0.415. The fourth-order valence-electron chi connectivity index (χ4n) is 4.49. The van der Waals surface area contributed by atoms with Gasteiger partial charge in [0, 0.05) is 26.9 Å². The van der Waals surface area contributed by atoms with Crippen LogP contribution in [0.3, 0.4) is 0 Å². The van der Waals surface area contributed by atoms with Crippen molar-refractivity contribution in [2.45, 2.75) is 0 Å². The molecule has 2 aromatic heterocycles. The van der Waals surface area contributed by atoms with Crippen LogP contribution in [0.5, 0.6) is 5.75 Å². The monoisotopic (exact) mass is 375 g/mol. The van der Waals surface area contributed by atoms with Crippen molar-refractivity contribution in [2.75, 3.05) is 7.11 Å². The predicted molar refractivity (Wildman–Crippen MR) is 119 cm³/mol. The van der Waals surface area contributed by atoms with Gasteiger partial charge < -0.3 is 4.74 Å². The summed E-state index contributed by atoms with van der Waals surface area (Å²) in [6.45, 7) is 0. The molecule has 29 heavy (non-hydrogen) atoms. The summed E-state index contributed by atoms with van der Waals surface area (Å²) in [6, 6.07) is 28.6. The second kappa shape index (κ2) is 5.82. The molecule has 0 fully saturated rings. The molecule has 6 rings (SSSR count). The van der Waals surface area contributed by atoms with Crippen molar-refractivity contribution < 1.29 is 4.74 Å². The smallest absolute Gasteiger partial charge is 0.263 e. The highest BCUT2D eigenvalue weighted by molar-refractivity contribution is 6.21. The van der Waals surface area contributed by atoms with E-state index >= 15 is 0 Å². The van der Waals surface area contributed by atoms with Crippen molar-refractivity contribution in [3.63, 3.8) is 0 Å². The normalized spacial score (nSPS) is 11.8. The summed E-state index contributed by atoms with van der Waals surface area (Å²) in [5.41, 5.74) is 4.22. The highest BCUT2D eigenvalue weighted by atomic mass is 16.5. The maximum atomic E-state index is 13.4. The first-order valence-electron chi connectivity index (χ1n) is 9.62. The molecule has 0 N–H and O–H groups in total. The quantitative estimate of drug-likeness (QED) is 0.354. The first kappa shape index (κ1) is 16.1. The number of para-hydroxylation sites is 1. The second-order valence-electron chi connectivity index (χ2n) is 7.36. The van der Waals surface area contributed by atoms with E-state index < -0.39 is 0 Å². The zero-order valence-corrected chi connectivity index (χ0v) is 15.8. The third kappa shape index (κ3) is 2.15. The van der Waals surface area contributed by atoms with E-state index in [4.69, 9.17) is 4.74 Å². The number of rotatable bonds is 2. The average Bonchev–Trinajstić information content (AvgIpc) is 3.12. The number of aromatic nitrogens is 1. The van der Waals surface area contributed by atoms with Crippen LogP contribution >= 0.6 is 0 Å². The molecule has 0 amide bonds. The molecule has 3 nitrogen and oxygen atoms in total. The van der Waals surface area contributed by atoms with Crippen LogP contribution < -0.4 is 10.3 Å². The number of nitrogens with zero attached hydrogens (tertiary/aromatic N) is 1. The molecule has 0 aliphatic carbocycles. The third-order valence-electron chi connectivity index (χ3n) is 5.83. The number of methoxy groups -OCH3 is 1. The summed E-state index contributed by atoms with van der Waals surface area (Å²) in [5.74, 6) is 0.749. The molecule has 0 radical (unpaired) electrons. The fraction of sp³-hybridized carbons (Fsp3) is 0.0385. The van der Waals surface area contributed by atoms with E-state index in [2.05, 4.69) is 42.5 Å². The molecule has 0 saturated carbocycles. The molecule has 3 heteroatoms. The van der Waals surface area contributed by atoms with Gasteiger partial charge in [0.2, 0.25) is 0 Å². The highest BCUT2D eigenvalue weighted by Gasteiger charge is 2.18. The highest BCUT2D eigenvalue weighted by Crippen LogP contribution is 2.38. The van der Waals surface area contributed by atoms with Gasteiger partial charge in [0.05, 0.1) is 18.1 Å². The van der Waals surface area contributed by atoms with Crippen LogP contribution in [0.1, 0.15) is 0 Å². The van der Waals surface area contributed by atoms with Crippen molar-refractivity contribution in [1.82, 2.24) is 4.40 Å². The molecular formula is C26H17NO2. The molecule has 0 saturated heterocycles. The maximum Gasteiger partial charge on any atom is 0.263 e.